The minimum atomic E-state index is -4.40. The quantitative estimate of drug-likeness (QED) is 0.660. The first-order chi connectivity index (χ1) is 9.70. The highest BCUT2D eigenvalue weighted by atomic mass is 19.4. The Morgan fingerprint density at radius 3 is 2.29 bits per heavy atom. The number of nitrogen functional groups attached to an aromatic ring is 1. The zero-order valence-electron chi connectivity index (χ0n) is 11.0. The maximum absolute atomic E-state index is 12.5. The smallest absolute Gasteiger partial charge is 0.384 e. The highest BCUT2D eigenvalue weighted by Crippen LogP contribution is 2.29. The third-order valence-electron chi connectivity index (χ3n) is 3.01. The number of amidine groups is 1. The first-order valence-electron chi connectivity index (χ1n) is 5.95. The molecule has 4 nitrogen and oxygen atoms in total. The summed E-state index contributed by atoms with van der Waals surface area (Å²) < 4.78 is 39.1. The van der Waals surface area contributed by atoms with E-state index in [1.165, 1.54) is 29.0 Å². The summed E-state index contributed by atoms with van der Waals surface area (Å²) in [6.45, 7) is 1.64. The molecular weight excluding hydrogens is 283 g/mol. The van der Waals surface area contributed by atoms with Gasteiger partial charge in [0, 0.05) is 23.6 Å². The normalized spacial score (nSPS) is 11.4. The Balaban J connectivity index is 2.54. The second kappa shape index (κ2) is 5.08. The van der Waals surface area contributed by atoms with Gasteiger partial charge in [-0.2, -0.15) is 13.2 Å². The van der Waals surface area contributed by atoms with E-state index in [-0.39, 0.29) is 11.4 Å². The third kappa shape index (κ3) is 2.96. The van der Waals surface area contributed by atoms with E-state index in [0.717, 1.165) is 12.1 Å². The maximum atomic E-state index is 12.5. The number of pyridine rings is 1. The van der Waals surface area contributed by atoms with Gasteiger partial charge in [0.2, 0.25) is 0 Å². The summed E-state index contributed by atoms with van der Waals surface area (Å²) in [6.07, 6.45) is -3.05. The fourth-order valence-electron chi connectivity index (χ4n) is 1.92. The van der Waals surface area contributed by atoms with Gasteiger partial charge in [-0.3, -0.25) is 10.2 Å². The number of alkyl halides is 3. The summed E-state index contributed by atoms with van der Waals surface area (Å²) >= 11 is 0. The molecular formula is C14H12F3N3O. The van der Waals surface area contributed by atoms with Gasteiger partial charge < -0.3 is 10.3 Å². The number of hydrogen-bond donors (Lipinski definition) is 2. The Bertz CT molecular complexity index is 746. The Hall–Kier alpha value is -2.57. The summed E-state index contributed by atoms with van der Waals surface area (Å²) in [5.41, 5.74) is 5.14. The van der Waals surface area contributed by atoms with Gasteiger partial charge >= 0.3 is 6.18 Å². The molecule has 1 aromatic heterocycles. The predicted octanol–water partition coefficient (Wildman–Crippen LogP) is 2.45. The lowest BCUT2D eigenvalue weighted by Crippen LogP contribution is -2.23. The SMILES string of the molecule is Cc1cc(=O)c(C(=N)N)cn1-c1ccc(C(F)(F)F)cc1. The standard InChI is InChI=1S/C14H12F3N3O/c1-8-6-12(21)11(13(18)19)7-20(8)10-4-2-9(3-5-10)14(15,16)17/h2-7H,1H3,(H3,18,19). The van der Waals surface area contributed by atoms with Crippen molar-refractivity contribution in [2.45, 2.75) is 13.1 Å². The maximum Gasteiger partial charge on any atom is 0.416 e. The highest BCUT2D eigenvalue weighted by Gasteiger charge is 2.30. The number of nitrogens with zero attached hydrogens (tertiary/aromatic N) is 1. The van der Waals surface area contributed by atoms with Crippen LogP contribution in [-0.2, 0) is 6.18 Å². The van der Waals surface area contributed by atoms with Crippen molar-refractivity contribution < 1.29 is 13.2 Å². The lowest BCUT2D eigenvalue weighted by atomic mass is 10.1. The van der Waals surface area contributed by atoms with Crippen LogP contribution in [0.2, 0.25) is 0 Å². The number of aryl methyl sites for hydroxylation is 1. The Labute approximate surface area is 118 Å². The van der Waals surface area contributed by atoms with Crippen LogP contribution in [0.4, 0.5) is 13.2 Å². The van der Waals surface area contributed by atoms with Crippen LogP contribution in [0.1, 0.15) is 16.8 Å². The van der Waals surface area contributed by atoms with Gasteiger partial charge in [0.05, 0.1) is 11.1 Å². The van der Waals surface area contributed by atoms with Crippen LogP contribution in [0, 0.1) is 12.3 Å². The van der Waals surface area contributed by atoms with Gasteiger partial charge in [-0.1, -0.05) is 0 Å². The van der Waals surface area contributed by atoms with Crippen LogP contribution >= 0.6 is 0 Å². The summed E-state index contributed by atoms with van der Waals surface area (Å²) in [5, 5.41) is 7.34. The van der Waals surface area contributed by atoms with Crippen molar-refractivity contribution in [2.24, 2.45) is 5.73 Å². The Morgan fingerprint density at radius 2 is 1.81 bits per heavy atom. The highest BCUT2D eigenvalue weighted by molar-refractivity contribution is 5.94. The molecule has 0 unspecified atom stereocenters. The predicted molar refractivity (Wildman–Crippen MR) is 72.8 cm³/mol. The third-order valence-corrected chi connectivity index (χ3v) is 3.01. The molecule has 2 rings (SSSR count). The molecule has 0 aliphatic rings. The van der Waals surface area contributed by atoms with E-state index in [9.17, 15) is 18.0 Å². The van der Waals surface area contributed by atoms with E-state index in [4.69, 9.17) is 11.1 Å². The number of halogens is 3. The van der Waals surface area contributed by atoms with Crippen LogP contribution in [0.5, 0.6) is 0 Å². The van der Waals surface area contributed by atoms with Crippen molar-refractivity contribution in [3.05, 3.63) is 63.6 Å². The van der Waals surface area contributed by atoms with Gasteiger partial charge in [-0.05, 0) is 31.2 Å². The molecule has 0 fully saturated rings. The van der Waals surface area contributed by atoms with E-state index in [2.05, 4.69) is 0 Å². The fraction of sp³-hybridized carbons (Fsp3) is 0.143. The Morgan fingerprint density at radius 1 is 1.24 bits per heavy atom. The molecule has 21 heavy (non-hydrogen) atoms. The molecule has 0 saturated carbocycles. The zero-order chi connectivity index (χ0) is 15.8. The van der Waals surface area contributed by atoms with Crippen molar-refractivity contribution in [1.29, 1.82) is 5.41 Å². The summed E-state index contributed by atoms with van der Waals surface area (Å²) in [5.74, 6) is -0.388. The molecule has 1 aromatic carbocycles. The molecule has 1 heterocycles. The van der Waals surface area contributed by atoms with Gasteiger partial charge in [-0.15, -0.1) is 0 Å². The second-order valence-electron chi connectivity index (χ2n) is 4.52. The number of rotatable bonds is 2. The lowest BCUT2D eigenvalue weighted by Gasteiger charge is -2.13. The fourth-order valence-corrected chi connectivity index (χ4v) is 1.92. The van der Waals surface area contributed by atoms with E-state index < -0.39 is 17.2 Å². The minimum absolute atomic E-state index is 0.000461. The molecule has 3 N–H and O–H groups in total. The molecule has 0 spiro atoms. The second-order valence-corrected chi connectivity index (χ2v) is 4.52. The summed E-state index contributed by atoms with van der Waals surface area (Å²) in [7, 11) is 0. The molecule has 0 atom stereocenters. The average molecular weight is 295 g/mol. The van der Waals surface area contributed by atoms with Crippen molar-refractivity contribution in [3.63, 3.8) is 0 Å². The number of aromatic nitrogens is 1. The van der Waals surface area contributed by atoms with E-state index in [1.54, 1.807) is 6.92 Å². The molecule has 0 aliphatic carbocycles. The van der Waals surface area contributed by atoms with Gasteiger partial charge in [0.1, 0.15) is 5.84 Å². The average Bonchev–Trinajstić information content (AvgIpc) is 2.37. The van der Waals surface area contributed by atoms with Crippen LogP contribution in [0.15, 0.2) is 41.3 Å². The van der Waals surface area contributed by atoms with Crippen LogP contribution in [0.25, 0.3) is 5.69 Å². The Kier molecular flexibility index (Phi) is 3.59. The van der Waals surface area contributed by atoms with Crippen molar-refractivity contribution in [1.82, 2.24) is 4.57 Å². The van der Waals surface area contributed by atoms with Gasteiger partial charge in [0.25, 0.3) is 0 Å². The first-order valence-corrected chi connectivity index (χ1v) is 5.95. The van der Waals surface area contributed by atoms with E-state index in [0.29, 0.717) is 11.4 Å². The number of nitrogens with one attached hydrogen (secondary N) is 1. The minimum Gasteiger partial charge on any atom is -0.384 e. The molecule has 0 saturated heterocycles. The number of benzene rings is 1. The molecule has 7 heteroatoms. The molecule has 0 aliphatic heterocycles. The van der Waals surface area contributed by atoms with Gasteiger partial charge in [0.15, 0.2) is 5.43 Å². The van der Waals surface area contributed by atoms with Crippen molar-refractivity contribution in [3.8, 4) is 5.69 Å². The molecule has 0 bridgehead atoms. The van der Waals surface area contributed by atoms with Crippen molar-refractivity contribution >= 4 is 5.84 Å². The lowest BCUT2D eigenvalue weighted by molar-refractivity contribution is -0.137. The van der Waals surface area contributed by atoms with E-state index in [1.807, 2.05) is 0 Å². The van der Waals surface area contributed by atoms with Crippen LogP contribution in [0.3, 0.4) is 0 Å². The van der Waals surface area contributed by atoms with Crippen molar-refractivity contribution in [2.75, 3.05) is 0 Å². The summed E-state index contributed by atoms with van der Waals surface area (Å²) in [6, 6.07) is 5.80. The van der Waals surface area contributed by atoms with Crippen LogP contribution in [-0.4, -0.2) is 10.4 Å². The van der Waals surface area contributed by atoms with E-state index >= 15 is 0 Å². The number of hydrogen-bond acceptors (Lipinski definition) is 2. The zero-order valence-corrected chi connectivity index (χ0v) is 11.0. The molecule has 0 radical (unpaired) electrons. The topological polar surface area (TPSA) is 71.9 Å². The molecule has 2 aromatic rings. The number of nitrogens with two attached hydrogens (primary N) is 1. The molecule has 0 amide bonds. The monoisotopic (exact) mass is 295 g/mol. The first kappa shape index (κ1) is 14.8. The molecule has 110 valence electrons. The largest absolute Gasteiger partial charge is 0.416 e. The summed E-state index contributed by atoms with van der Waals surface area (Å²) in [4.78, 5) is 11.7. The van der Waals surface area contributed by atoms with Gasteiger partial charge in [-0.25, -0.2) is 0 Å². The van der Waals surface area contributed by atoms with Crippen LogP contribution < -0.4 is 11.2 Å².